The quantitative estimate of drug-likeness (QED) is 0.396. The number of carbonyl (C=O) groups excluding carboxylic acids is 2. The van der Waals surface area contributed by atoms with Crippen molar-refractivity contribution in [1.29, 1.82) is 0 Å². The summed E-state index contributed by atoms with van der Waals surface area (Å²) in [6, 6.07) is 5.76. The van der Waals surface area contributed by atoms with Crippen molar-refractivity contribution in [2.45, 2.75) is 104 Å². The zero-order chi connectivity index (χ0) is 26.4. The summed E-state index contributed by atoms with van der Waals surface area (Å²) >= 11 is 0. The number of benzene rings is 1. The van der Waals surface area contributed by atoms with Crippen molar-refractivity contribution >= 4 is 22.8 Å². The molecule has 3 unspecified atom stereocenters. The molecule has 2 aliphatic rings. The van der Waals surface area contributed by atoms with E-state index < -0.39 is 35.6 Å². The van der Waals surface area contributed by atoms with Crippen LogP contribution < -0.4 is 0 Å². The zero-order valence-corrected chi connectivity index (χ0v) is 22.2. The van der Waals surface area contributed by atoms with Crippen LogP contribution in [0.3, 0.4) is 0 Å². The molecule has 0 bridgehead atoms. The fraction of sp³-hybridized carbons (Fsp3) is 0.679. The van der Waals surface area contributed by atoms with E-state index in [9.17, 15) is 19.8 Å². The molecule has 8 nitrogen and oxygen atoms in total. The molecule has 8 heteroatoms. The fourth-order valence-corrected chi connectivity index (χ4v) is 5.57. The summed E-state index contributed by atoms with van der Waals surface area (Å²) < 4.78 is 12.0. The van der Waals surface area contributed by atoms with Gasteiger partial charge in [0.25, 0.3) is 0 Å². The van der Waals surface area contributed by atoms with Crippen LogP contribution in [0, 0.1) is 24.2 Å². The van der Waals surface area contributed by atoms with Gasteiger partial charge >= 0.3 is 5.97 Å². The number of H-pyrrole nitrogens is 1. The number of aromatic amines is 1. The molecule has 3 N–H and O–H groups in total. The lowest BCUT2D eigenvalue weighted by atomic mass is 9.73. The standard InChI is InChI=1S/C28H40N2O6/c1-15-8-7-11-28(6)23(36-28)13-21(18-9-10-19-20(12-18)30-17(3)29-19)35-24(32)14-22(31)27(4,5)26(34)16(2)25(15)33/h9-10,12,15-16,21-23,25,31,33H,7-8,11,13-14H2,1-6H3,(H,29,30)/t15?,16?,21-,22?,23-,25-,28+/m0/s1. The monoisotopic (exact) mass is 500 g/mol. The average molecular weight is 501 g/mol. The molecule has 0 amide bonds. The Kier molecular flexibility index (Phi) is 7.34. The Morgan fingerprint density at radius 3 is 2.58 bits per heavy atom. The molecule has 0 aliphatic carbocycles. The molecular weight excluding hydrogens is 460 g/mol. The lowest BCUT2D eigenvalue weighted by Gasteiger charge is -2.34. The molecule has 1 aromatic heterocycles. The molecular formula is C28H40N2O6. The predicted octanol–water partition coefficient (Wildman–Crippen LogP) is 4.17. The first-order chi connectivity index (χ1) is 16.8. The zero-order valence-electron chi connectivity index (χ0n) is 22.2. The van der Waals surface area contributed by atoms with Gasteiger partial charge in [-0.25, -0.2) is 4.98 Å². The minimum Gasteiger partial charge on any atom is -0.457 e. The molecule has 7 atom stereocenters. The number of epoxide rings is 1. The minimum atomic E-state index is -1.24. The average Bonchev–Trinajstić information content (AvgIpc) is 3.28. The third kappa shape index (κ3) is 5.36. The number of imidazole rings is 1. The number of aromatic nitrogens is 2. The number of aliphatic hydroxyl groups excluding tert-OH is 2. The first-order valence-corrected chi connectivity index (χ1v) is 13.1. The molecule has 36 heavy (non-hydrogen) atoms. The summed E-state index contributed by atoms with van der Waals surface area (Å²) in [4.78, 5) is 34.0. The van der Waals surface area contributed by atoms with E-state index in [1.807, 2.05) is 32.0 Å². The van der Waals surface area contributed by atoms with Gasteiger partial charge in [-0.15, -0.1) is 0 Å². The summed E-state index contributed by atoms with van der Waals surface area (Å²) in [5.41, 5.74) is 0.999. The van der Waals surface area contributed by atoms with Crippen molar-refractivity contribution in [3.8, 4) is 0 Å². The number of carbonyl (C=O) groups is 2. The highest BCUT2D eigenvalue weighted by Crippen LogP contribution is 2.46. The van der Waals surface area contributed by atoms with Crippen LogP contribution in [0.4, 0.5) is 0 Å². The third-order valence-electron chi connectivity index (χ3n) is 8.40. The molecule has 4 rings (SSSR count). The minimum absolute atomic E-state index is 0.0653. The van der Waals surface area contributed by atoms with E-state index >= 15 is 0 Å². The number of esters is 1. The summed E-state index contributed by atoms with van der Waals surface area (Å²) in [5.74, 6) is -0.771. The van der Waals surface area contributed by atoms with E-state index in [1.54, 1.807) is 20.8 Å². The van der Waals surface area contributed by atoms with E-state index in [4.69, 9.17) is 9.47 Å². The molecule has 0 spiro atoms. The van der Waals surface area contributed by atoms with Gasteiger partial charge < -0.3 is 24.7 Å². The molecule has 2 aromatic rings. The number of aliphatic hydroxyl groups is 2. The van der Waals surface area contributed by atoms with Gasteiger partial charge in [-0.2, -0.15) is 0 Å². The van der Waals surface area contributed by atoms with Crippen molar-refractivity contribution < 1.29 is 29.3 Å². The van der Waals surface area contributed by atoms with Gasteiger partial charge in [0.15, 0.2) is 0 Å². The van der Waals surface area contributed by atoms with Crippen LogP contribution in [0.5, 0.6) is 0 Å². The van der Waals surface area contributed by atoms with Gasteiger partial charge in [0.1, 0.15) is 17.7 Å². The van der Waals surface area contributed by atoms with E-state index in [-0.39, 0.29) is 29.8 Å². The topological polar surface area (TPSA) is 125 Å². The highest BCUT2D eigenvalue weighted by atomic mass is 16.6. The van der Waals surface area contributed by atoms with E-state index in [2.05, 4.69) is 16.9 Å². The molecule has 198 valence electrons. The maximum absolute atomic E-state index is 13.3. The van der Waals surface area contributed by atoms with Crippen molar-refractivity contribution in [2.75, 3.05) is 0 Å². The second kappa shape index (κ2) is 9.88. The number of fused-ring (bicyclic) bond motifs is 2. The smallest absolute Gasteiger partial charge is 0.309 e. The van der Waals surface area contributed by atoms with E-state index in [0.717, 1.165) is 41.7 Å². The van der Waals surface area contributed by atoms with Gasteiger partial charge in [0.2, 0.25) is 0 Å². The fourth-order valence-electron chi connectivity index (χ4n) is 5.57. The number of nitrogens with zero attached hydrogens (tertiary/aromatic N) is 1. The van der Waals surface area contributed by atoms with Crippen LogP contribution >= 0.6 is 0 Å². The number of hydrogen-bond donors (Lipinski definition) is 3. The maximum Gasteiger partial charge on any atom is 0.309 e. The SMILES string of the molecule is Cc1nc2ccc([C@@H]3C[C@@H]4O[C@]4(C)CCCC(C)[C@H](O)C(C)C(=O)C(C)(C)C(O)CC(=O)O3)cc2[nH]1. The van der Waals surface area contributed by atoms with E-state index in [1.165, 1.54) is 0 Å². The van der Waals surface area contributed by atoms with Crippen molar-refractivity contribution in [3.05, 3.63) is 29.6 Å². The van der Waals surface area contributed by atoms with Crippen LogP contribution in [0.25, 0.3) is 11.0 Å². The van der Waals surface area contributed by atoms with Crippen molar-refractivity contribution in [1.82, 2.24) is 9.97 Å². The molecule has 2 fully saturated rings. The van der Waals surface area contributed by atoms with Crippen LogP contribution in [-0.2, 0) is 19.1 Å². The summed E-state index contributed by atoms with van der Waals surface area (Å²) in [5, 5.41) is 21.8. The highest BCUT2D eigenvalue weighted by Gasteiger charge is 2.53. The van der Waals surface area contributed by atoms with Gasteiger partial charge in [-0.3, -0.25) is 9.59 Å². The summed E-state index contributed by atoms with van der Waals surface area (Å²) in [6.45, 7) is 10.9. The molecule has 1 aromatic carbocycles. The van der Waals surface area contributed by atoms with Gasteiger partial charge in [0, 0.05) is 12.3 Å². The van der Waals surface area contributed by atoms with Crippen molar-refractivity contribution in [2.24, 2.45) is 17.3 Å². The van der Waals surface area contributed by atoms with Crippen molar-refractivity contribution in [3.63, 3.8) is 0 Å². The Labute approximate surface area is 212 Å². The Morgan fingerprint density at radius 1 is 1.14 bits per heavy atom. The largest absolute Gasteiger partial charge is 0.457 e. The lowest BCUT2D eigenvalue weighted by Crippen LogP contribution is -2.45. The molecule has 2 aliphatic heterocycles. The second-order valence-corrected chi connectivity index (χ2v) is 11.7. The summed E-state index contributed by atoms with van der Waals surface area (Å²) in [7, 11) is 0. The number of cyclic esters (lactones) is 1. The first-order valence-electron chi connectivity index (χ1n) is 13.1. The van der Waals surface area contributed by atoms with Crippen LogP contribution in [0.1, 0.15) is 84.2 Å². The molecule has 0 saturated carbocycles. The molecule has 2 saturated heterocycles. The Balaban J connectivity index is 1.61. The Bertz CT molecular complexity index is 1130. The normalized spacial score (nSPS) is 36.3. The maximum atomic E-state index is 13.3. The van der Waals surface area contributed by atoms with Crippen LogP contribution in [0.2, 0.25) is 0 Å². The summed E-state index contributed by atoms with van der Waals surface area (Å²) in [6.07, 6.45) is -0.0738. The number of ether oxygens (including phenoxy) is 2. The van der Waals surface area contributed by atoms with Gasteiger partial charge in [0.05, 0.1) is 46.8 Å². The first kappa shape index (κ1) is 26.8. The Morgan fingerprint density at radius 2 is 1.86 bits per heavy atom. The number of ketones is 1. The Hall–Kier alpha value is -2.29. The number of hydrogen-bond acceptors (Lipinski definition) is 7. The van der Waals surface area contributed by atoms with Crippen LogP contribution in [0.15, 0.2) is 18.2 Å². The van der Waals surface area contributed by atoms with E-state index in [0.29, 0.717) is 6.42 Å². The van der Waals surface area contributed by atoms with Crippen LogP contribution in [-0.4, -0.2) is 55.8 Å². The molecule has 3 heterocycles. The highest BCUT2D eigenvalue weighted by molar-refractivity contribution is 5.88. The number of rotatable bonds is 1. The number of nitrogens with one attached hydrogen (secondary N) is 1. The predicted molar refractivity (Wildman–Crippen MR) is 135 cm³/mol. The number of aryl methyl sites for hydroxylation is 1. The lowest BCUT2D eigenvalue weighted by molar-refractivity contribution is -0.156. The van der Waals surface area contributed by atoms with Gasteiger partial charge in [-0.05, 0) is 50.3 Å². The second-order valence-electron chi connectivity index (χ2n) is 11.7. The van der Waals surface area contributed by atoms with Gasteiger partial charge in [-0.1, -0.05) is 40.2 Å². The number of Topliss-reactive ketones (excluding diaryl/α,β-unsaturated/α-hetero) is 1. The third-order valence-corrected chi connectivity index (χ3v) is 8.40. The molecule has 0 radical (unpaired) electrons.